The summed E-state index contributed by atoms with van der Waals surface area (Å²) >= 11 is 0. The van der Waals surface area contributed by atoms with Crippen molar-refractivity contribution < 1.29 is 18.8 Å². The summed E-state index contributed by atoms with van der Waals surface area (Å²) in [6.07, 6.45) is 0.487. The maximum absolute atomic E-state index is 13.2. The molecule has 0 unspecified atom stereocenters. The first-order valence-electron chi connectivity index (χ1n) is 11.2. The van der Waals surface area contributed by atoms with Gasteiger partial charge in [0.05, 0.1) is 17.2 Å². The van der Waals surface area contributed by atoms with E-state index in [0.717, 1.165) is 22.6 Å². The topological polar surface area (TPSA) is 102 Å². The lowest BCUT2D eigenvalue weighted by Crippen LogP contribution is -2.49. The van der Waals surface area contributed by atoms with E-state index < -0.39 is 4.92 Å². The first-order chi connectivity index (χ1) is 16.9. The molecule has 10 heteroatoms. The van der Waals surface area contributed by atoms with Crippen molar-refractivity contribution in [2.75, 3.05) is 38.2 Å². The summed E-state index contributed by atoms with van der Waals surface area (Å²) in [4.78, 5) is 36.6. The van der Waals surface area contributed by atoms with Crippen LogP contribution < -0.4 is 4.90 Å². The molecule has 0 spiro atoms. The molecule has 0 aliphatic carbocycles. The standard InChI is InChI=1S/C25H26FN5O4/c1-17-27-23(16-35-2)22(15-18-3-9-21(10-4-18)31(33)34)24(28-17)29-11-13-30(14-12-29)25(32)19-5-7-20(26)8-6-19/h3-10H,11-16H2,1-2H3. The molecule has 1 fully saturated rings. The summed E-state index contributed by atoms with van der Waals surface area (Å²) in [7, 11) is 1.60. The van der Waals surface area contributed by atoms with Gasteiger partial charge >= 0.3 is 0 Å². The average molecular weight is 480 g/mol. The Labute approximate surface area is 202 Å². The second-order valence-electron chi connectivity index (χ2n) is 8.34. The second-order valence-corrected chi connectivity index (χ2v) is 8.34. The molecule has 35 heavy (non-hydrogen) atoms. The molecule has 1 aromatic heterocycles. The first kappa shape index (κ1) is 24.2. The predicted molar refractivity (Wildman–Crippen MR) is 128 cm³/mol. The van der Waals surface area contributed by atoms with Crippen molar-refractivity contribution in [3.8, 4) is 0 Å². The van der Waals surface area contributed by atoms with Gasteiger partial charge in [-0.05, 0) is 36.8 Å². The Morgan fingerprint density at radius 2 is 1.71 bits per heavy atom. The van der Waals surface area contributed by atoms with Crippen LogP contribution in [0.5, 0.6) is 0 Å². The average Bonchev–Trinajstić information content (AvgIpc) is 2.86. The lowest BCUT2D eigenvalue weighted by atomic mass is 10.0. The quantitative estimate of drug-likeness (QED) is 0.377. The minimum Gasteiger partial charge on any atom is -0.378 e. The molecule has 3 aromatic rings. The molecular weight excluding hydrogens is 453 g/mol. The number of carbonyl (C=O) groups excluding carboxylic acids is 1. The van der Waals surface area contributed by atoms with Crippen LogP contribution in [0.4, 0.5) is 15.9 Å². The number of nitrogens with zero attached hydrogens (tertiary/aromatic N) is 5. The molecule has 0 radical (unpaired) electrons. The molecule has 0 atom stereocenters. The van der Waals surface area contributed by atoms with E-state index in [1.807, 2.05) is 6.92 Å². The number of rotatable bonds is 7. The van der Waals surface area contributed by atoms with Gasteiger partial charge in [-0.1, -0.05) is 12.1 Å². The number of hydrogen-bond donors (Lipinski definition) is 0. The number of piperazine rings is 1. The number of anilines is 1. The maximum atomic E-state index is 13.2. The molecule has 0 saturated carbocycles. The molecule has 1 aliphatic heterocycles. The van der Waals surface area contributed by atoms with E-state index in [1.54, 1.807) is 24.1 Å². The Morgan fingerprint density at radius 1 is 1.06 bits per heavy atom. The Morgan fingerprint density at radius 3 is 2.31 bits per heavy atom. The third-order valence-corrected chi connectivity index (χ3v) is 5.95. The zero-order chi connectivity index (χ0) is 24.9. The van der Waals surface area contributed by atoms with E-state index in [1.165, 1.54) is 36.4 Å². The Kier molecular flexibility index (Phi) is 7.31. The number of nitro benzene ring substituents is 1. The minimum atomic E-state index is -0.423. The SMILES string of the molecule is COCc1nc(C)nc(N2CCN(C(=O)c3ccc(F)cc3)CC2)c1Cc1ccc([N+](=O)[O-])cc1. The number of halogens is 1. The molecule has 2 aromatic carbocycles. The van der Waals surface area contributed by atoms with Crippen LogP contribution in [-0.4, -0.2) is 59.0 Å². The fraction of sp³-hybridized carbons (Fsp3) is 0.320. The molecule has 2 heterocycles. The number of methoxy groups -OCH3 is 1. The zero-order valence-corrected chi connectivity index (χ0v) is 19.6. The van der Waals surface area contributed by atoms with Crippen molar-refractivity contribution in [3.05, 3.63) is 92.7 Å². The number of nitro groups is 1. The lowest BCUT2D eigenvalue weighted by molar-refractivity contribution is -0.384. The maximum Gasteiger partial charge on any atom is 0.269 e. The van der Waals surface area contributed by atoms with Crippen LogP contribution >= 0.6 is 0 Å². The van der Waals surface area contributed by atoms with Gasteiger partial charge in [-0.2, -0.15) is 0 Å². The van der Waals surface area contributed by atoms with Crippen molar-refractivity contribution in [3.63, 3.8) is 0 Å². The van der Waals surface area contributed by atoms with Crippen LogP contribution in [0.15, 0.2) is 48.5 Å². The van der Waals surface area contributed by atoms with Gasteiger partial charge in [0, 0.05) is 63.0 Å². The normalized spacial score (nSPS) is 13.7. The Balaban J connectivity index is 1.56. The summed E-state index contributed by atoms with van der Waals surface area (Å²) in [6.45, 7) is 4.27. The van der Waals surface area contributed by atoms with Crippen molar-refractivity contribution >= 4 is 17.4 Å². The van der Waals surface area contributed by atoms with Crippen LogP contribution in [0.1, 0.15) is 33.0 Å². The molecule has 182 valence electrons. The van der Waals surface area contributed by atoms with Gasteiger partial charge in [0.25, 0.3) is 11.6 Å². The predicted octanol–water partition coefficient (Wildman–Crippen LogP) is 3.53. The third kappa shape index (κ3) is 5.60. The van der Waals surface area contributed by atoms with Gasteiger partial charge in [0.2, 0.25) is 0 Å². The highest BCUT2D eigenvalue weighted by Gasteiger charge is 2.26. The van der Waals surface area contributed by atoms with Crippen LogP contribution in [0.3, 0.4) is 0 Å². The van der Waals surface area contributed by atoms with Crippen molar-refractivity contribution in [1.29, 1.82) is 0 Å². The molecule has 1 saturated heterocycles. The molecule has 0 bridgehead atoms. The lowest BCUT2D eigenvalue weighted by Gasteiger charge is -2.36. The van der Waals surface area contributed by atoms with Crippen LogP contribution in [-0.2, 0) is 17.8 Å². The first-order valence-corrected chi connectivity index (χ1v) is 11.2. The summed E-state index contributed by atoms with van der Waals surface area (Å²) < 4.78 is 18.6. The summed E-state index contributed by atoms with van der Waals surface area (Å²) in [5.74, 6) is 0.883. The number of aromatic nitrogens is 2. The van der Waals surface area contributed by atoms with Gasteiger partial charge in [-0.25, -0.2) is 14.4 Å². The molecule has 0 N–H and O–H groups in total. The monoisotopic (exact) mass is 479 g/mol. The molecule has 1 aliphatic rings. The van der Waals surface area contributed by atoms with E-state index in [-0.39, 0.29) is 17.4 Å². The fourth-order valence-corrected chi connectivity index (χ4v) is 4.17. The Hall–Kier alpha value is -3.92. The molecule has 1 amide bonds. The number of carbonyl (C=O) groups is 1. The molecule has 9 nitrogen and oxygen atoms in total. The highest BCUT2D eigenvalue weighted by Crippen LogP contribution is 2.27. The number of ether oxygens (including phenoxy) is 1. The van der Waals surface area contributed by atoms with Crippen LogP contribution in [0.25, 0.3) is 0 Å². The highest BCUT2D eigenvalue weighted by molar-refractivity contribution is 5.94. The van der Waals surface area contributed by atoms with Crippen LogP contribution in [0.2, 0.25) is 0 Å². The number of non-ortho nitro benzene ring substituents is 1. The highest BCUT2D eigenvalue weighted by atomic mass is 19.1. The number of aryl methyl sites for hydroxylation is 1. The zero-order valence-electron chi connectivity index (χ0n) is 19.6. The summed E-state index contributed by atoms with van der Waals surface area (Å²) in [5, 5.41) is 11.0. The van der Waals surface area contributed by atoms with Gasteiger partial charge in [0.15, 0.2) is 0 Å². The van der Waals surface area contributed by atoms with Gasteiger partial charge in [-0.15, -0.1) is 0 Å². The van der Waals surface area contributed by atoms with Gasteiger partial charge in [-0.3, -0.25) is 14.9 Å². The van der Waals surface area contributed by atoms with Crippen molar-refractivity contribution in [1.82, 2.24) is 14.9 Å². The smallest absolute Gasteiger partial charge is 0.269 e. The summed E-state index contributed by atoms with van der Waals surface area (Å²) in [6, 6.07) is 12.0. The van der Waals surface area contributed by atoms with Gasteiger partial charge in [0.1, 0.15) is 17.5 Å². The van der Waals surface area contributed by atoms with E-state index in [4.69, 9.17) is 9.72 Å². The van der Waals surface area contributed by atoms with Gasteiger partial charge < -0.3 is 14.5 Å². The molecule has 4 rings (SSSR count). The van der Waals surface area contributed by atoms with Crippen molar-refractivity contribution in [2.45, 2.75) is 20.0 Å². The third-order valence-electron chi connectivity index (χ3n) is 5.95. The van der Waals surface area contributed by atoms with E-state index in [0.29, 0.717) is 50.6 Å². The Bertz CT molecular complexity index is 1210. The van der Waals surface area contributed by atoms with E-state index >= 15 is 0 Å². The van der Waals surface area contributed by atoms with Crippen LogP contribution in [0, 0.1) is 22.9 Å². The van der Waals surface area contributed by atoms with E-state index in [9.17, 15) is 19.3 Å². The van der Waals surface area contributed by atoms with Crippen molar-refractivity contribution in [2.24, 2.45) is 0 Å². The molecular formula is C25H26FN5O4. The van der Waals surface area contributed by atoms with E-state index in [2.05, 4.69) is 9.88 Å². The fourth-order valence-electron chi connectivity index (χ4n) is 4.17. The number of hydrogen-bond acceptors (Lipinski definition) is 7. The minimum absolute atomic E-state index is 0.0354. The number of benzene rings is 2. The summed E-state index contributed by atoms with van der Waals surface area (Å²) in [5.41, 5.74) is 3.04. The number of amides is 1. The second kappa shape index (κ2) is 10.6. The largest absolute Gasteiger partial charge is 0.378 e.